The molecule has 1 aromatic carbocycles. The Morgan fingerprint density at radius 3 is 2.45 bits per heavy atom. The van der Waals surface area contributed by atoms with Crippen molar-refractivity contribution in [2.24, 2.45) is 5.10 Å². The number of carbonyl (C=O) groups is 2. The number of nitrogens with zero attached hydrogens (tertiary/aromatic N) is 2. The van der Waals surface area contributed by atoms with Crippen molar-refractivity contribution < 1.29 is 19.6 Å². The maximum absolute atomic E-state index is 11.9. The molecule has 0 fully saturated rings. The summed E-state index contributed by atoms with van der Waals surface area (Å²) in [5.41, 5.74) is 1.82. The van der Waals surface area contributed by atoms with Gasteiger partial charge in [-0.3, -0.25) is 14.9 Å². The number of amides is 1. The molecule has 0 spiro atoms. The number of rotatable bonds is 5. The minimum absolute atomic E-state index is 0.0462. The molecule has 9 heteroatoms. The molecule has 22 heavy (non-hydrogen) atoms. The molecule has 1 heterocycles. The second kappa shape index (κ2) is 6.59. The third-order valence-corrected chi connectivity index (χ3v) is 3.51. The van der Waals surface area contributed by atoms with E-state index in [9.17, 15) is 24.8 Å². The smallest absolute Gasteiger partial charge is 0.324 e. The van der Waals surface area contributed by atoms with Gasteiger partial charge in [-0.15, -0.1) is 0 Å². The molecule has 0 radical (unpaired) electrons. The summed E-state index contributed by atoms with van der Waals surface area (Å²) in [6.07, 6.45) is 1.23. The van der Waals surface area contributed by atoms with Gasteiger partial charge in [0, 0.05) is 11.6 Å². The highest BCUT2D eigenvalue weighted by molar-refractivity contribution is 7.16. The van der Waals surface area contributed by atoms with E-state index >= 15 is 0 Å². The maximum Gasteiger partial charge on any atom is 0.324 e. The molecule has 0 bridgehead atoms. The number of aromatic carboxylic acids is 1. The minimum Gasteiger partial charge on any atom is -0.545 e. The zero-order valence-electron chi connectivity index (χ0n) is 10.9. The largest absolute Gasteiger partial charge is 0.545 e. The van der Waals surface area contributed by atoms with Gasteiger partial charge in [-0.25, -0.2) is 5.43 Å². The van der Waals surface area contributed by atoms with E-state index in [1.54, 1.807) is 0 Å². The number of carbonyl (C=O) groups excluding carboxylic acids is 2. The van der Waals surface area contributed by atoms with Crippen molar-refractivity contribution >= 4 is 34.4 Å². The molecule has 2 rings (SSSR count). The number of hydrazone groups is 1. The number of carboxylic acid groups (broad SMARTS) is 1. The van der Waals surface area contributed by atoms with Gasteiger partial charge in [0.2, 0.25) is 0 Å². The van der Waals surface area contributed by atoms with Crippen LogP contribution in [0.1, 0.15) is 25.6 Å². The van der Waals surface area contributed by atoms with Gasteiger partial charge in [0.1, 0.15) is 0 Å². The summed E-state index contributed by atoms with van der Waals surface area (Å²) in [4.78, 5) is 33.2. The van der Waals surface area contributed by atoms with Crippen LogP contribution in [0, 0.1) is 10.1 Å². The van der Waals surface area contributed by atoms with Crippen LogP contribution in [-0.4, -0.2) is 23.0 Å². The van der Waals surface area contributed by atoms with Gasteiger partial charge in [-0.2, -0.15) is 5.10 Å². The number of hydrogen-bond donors (Lipinski definition) is 1. The van der Waals surface area contributed by atoms with Crippen molar-refractivity contribution in [3.05, 3.63) is 62.5 Å². The third kappa shape index (κ3) is 3.52. The number of carboxylic acids is 1. The highest BCUT2D eigenvalue weighted by Crippen LogP contribution is 2.22. The van der Waals surface area contributed by atoms with Crippen LogP contribution in [0.4, 0.5) is 5.00 Å². The molecule has 1 N–H and O–H groups in total. The monoisotopic (exact) mass is 318 g/mol. The van der Waals surface area contributed by atoms with Gasteiger partial charge in [0.25, 0.3) is 5.91 Å². The lowest BCUT2D eigenvalue weighted by molar-refractivity contribution is -0.380. The maximum atomic E-state index is 11.9. The number of benzene rings is 1. The Kier molecular flexibility index (Phi) is 4.59. The van der Waals surface area contributed by atoms with Gasteiger partial charge in [0.15, 0.2) is 0 Å². The molecule has 0 saturated heterocycles. The Morgan fingerprint density at radius 2 is 1.86 bits per heavy atom. The van der Waals surface area contributed by atoms with Crippen LogP contribution in [0.2, 0.25) is 0 Å². The molecular formula is C13H8N3O5S-. The minimum atomic E-state index is -1.47. The zero-order valence-corrected chi connectivity index (χ0v) is 11.7. The van der Waals surface area contributed by atoms with Gasteiger partial charge < -0.3 is 9.90 Å². The van der Waals surface area contributed by atoms with Crippen LogP contribution >= 0.6 is 11.3 Å². The predicted octanol–water partition coefficient (Wildman–Crippen LogP) is 0.784. The molecule has 112 valence electrons. The third-order valence-electron chi connectivity index (χ3n) is 2.54. The van der Waals surface area contributed by atoms with Crippen molar-refractivity contribution in [2.45, 2.75) is 0 Å². The average Bonchev–Trinajstić information content (AvgIpc) is 2.96. The summed E-state index contributed by atoms with van der Waals surface area (Å²) < 4.78 is 0. The van der Waals surface area contributed by atoms with E-state index in [4.69, 9.17) is 0 Å². The molecule has 0 unspecified atom stereocenters. The zero-order chi connectivity index (χ0) is 16.1. The first-order valence-corrected chi connectivity index (χ1v) is 6.68. The lowest BCUT2D eigenvalue weighted by Gasteiger charge is -2.07. The Hall–Kier alpha value is -3.07. The summed E-state index contributed by atoms with van der Waals surface area (Å²) in [5.74, 6) is -2.19. The SMILES string of the molecule is O=C([O-])c1ccccc1C(=O)N/N=C\c1ccc([N+](=O)[O-])s1. The van der Waals surface area contributed by atoms with E-state index in [0.29, 0.717) is 4.88 Å². The van der Waals surface area contributed by atoms with Crippen LogP contribution < -0.4 is 10.5 Å². The lowest BCUT2D eigenvalue weighted by Crippen LogP contribution is -2.27. The van der Waals surface area contributed by atoms with Crippen molar-refractivity contribution in [1.29, 1.82) is 0 Å². The van der Waals surface area contributed by atoms with Gasteiger partial charge >= 0.3 is 5.00 Å². The average molecular weight is 318 g/mol. The van der Waals surface area contributed by atoms with Gasteiger partial charge in [-0.05, 0) is 12.1 Å². The van der Waals surface area contributed by atoms with E-state index in [0.717, 1.165) is 11.3 Å². The fraction of sp³-hybridized carbons (Fsp3) is 0. The van der Waals surface area contributed by atoms with Crippen LogP contribution in [0.25, 0.3) is 0 Å². The highest BCUT2D eigenvalue weighted by Gasteiger charge is 2.11. The molecule has 0 aliphatic carbocycles. The summed E-state index contributed by atoms with van der Waals surface area (Å²) in [6.45, 7) is 0. The number of nitrogens with one attached hydrogen (secondary N) is 1. The second-order valence-corrected chi connectivity index (χ2v) is 5.06. The Bertz CT molecular complexity index is 769. The molecule has 0 aliphatic heterocycles. The highest BCUT2D eigenvalue weighted by atomic mass is 32.1. The standard InChI is InChI=1S/C13H9N3O5S/c17-12(9-3-1-2-4-10(9)13(18)19)15-14-7-8-5-6-11(22-8)16(20)21/h1-7H,(H,15,17)(H,18,19)/p-1/b14-7-. The second-order valence-electron chi connectivity index (χ2n) is 3.97. The molecule has 0 atom stereocenters. The molecule has 8 nitrogen and oxygen atoms in total. The first-order valence-electron chi connectivity index (χ1n) is 5.87. The van der Waals surface area contributed by atoms with Gasteiger partial charge in [-0.1, -0.05) is 29.5 Å². The fourth-order valence-corrected chi connectivity index (χ4v) is 2.28. The van der Waals surface area contributed by atoms with Crippen molar-refractivity contribution in [2.75, 3.05) is 0 Å². The van der Waals surface area contributed by atoms with Crippen molar-refractivity contribution in [3.8, 4) is 0 Å². The topological polar surface area (TPSA) is 125 Å². The Labute approximate surface area is 127 Å². The normalized spacial score (nSPS) is 10.5. The summed E-state index contributed by atoms with van der Waals surface area (Å²) in [6, 6.07) is 8.35. The number of nitro groups is 1. The van der Waals surface area contributed by atoms with Crippen LogP contribution in [0.3, 0.4) is 0 Å². The molecule has 2 aromatic rings. The molecule has 1 amide bonds. The molecule has 0 aliphatic rings. The first-order chi connectivity index (χ1) is 10.5. The van der Waals surface area contributed by atoms with Crippen LogP contribution in [-0.2, 0) is 0 Å². The molecular weight excluding hydrogens is 310 g/mol. The van der Waals surface area contributed by atoms with E-state index in [1.165, 1.54) is 42.6 Å². The summed E-state index contributed by atoms with van der Waals surface area (Å²) >= 11 is 0.893. The quantitative estimate of drug-likeness (QED) is 0.495. The number of thiophene rings is 1. The number of hydrogen-bond acceptors (Lipinski definition) is 7. The summed E-state index contributed by atoms with van der Waals surface area (Å²) in [7, 11) is 0. The van der Waals surface area contributed by atoms with E-state index < -0.39 is 16.8 Å². The van der Waals surface area contributed by atoms with Gasteiger partial charge in [0.05, 0.1) is 27.5 Å². The van der Waals surface area contributed by atoms with E-state index in [1.807, 2.05) is 0 Å². The molecule has 1 aromatic heterocycles. The lowest BCUT2D eigenvalue weighted by atomic mass is 10.1. The predicted molar refractivity (Wildman–Crippen MR) is 76.8 cm³/mol. The van der Waals surface area contributed by atoms with Crippen LogP contribution in [0.5, 0.6) is 0 Å². The van der Waals surface area contributed by atoms with Crippen molar-refractivity contribution in [1.82, 2.24) is 5.43 Å². The Balaban J connectivity index is 2.08. The summed E-state index contributed by atoms with van der Waals surface area (Å²) in [5, 5.41) is 25.0. The van der Waals surface area contributed by atoms with Crippen molar-refractivity contribution in [3.63, 3.8) is 0 Å². The fourth-order valence-electron chi connectivity index (χ4n) is 1.58. The Morgan fingerprint density at radius 1 is 1.18 bits per heavy atom. The van der Waals surface area contributed by atoms with Crippen LogP contribution in [0.15, 0.2) is 41.5 Å². The van der Waals surface area contributed by atoms with E-state index in [-0.39, 0.29) is 16.1 Å². The first kappa shape index (κ1) is 15.3. The molecule has 0 saturated carbocycles. The van der Waals surface area contributed by atoms with E-state index in [2.05, 4.69) is 10.5 Å².